The highest BCUT2D eigenvalue weighted by Crippen LogP contribution is 2.02. The molecule has 0 fully saturated rings. The van der Waals surface area contributed by atoms with Gasteiger partial charge in [-0.05, 0) is 19.3 Å². The van der Waals surface area contributed by atoms with Crippen molar-refractivity contribution in [3.8, 4) is 0 Å². The van der Waals surface area contributed by atoms with Crippen molar-refractivity contribution in [2.24, 2.45) is 5.92 Å². The highest BCUT2D eigenvalue weighted by Gasteiger charge is 2.13. The van der Waals surface area contributed by atoms with Crippen LogP contribution in [-0.2, 0) is 4.74 Å². The minimum absolute atomic E-state index is 0.238. The first-order chi connectivity index (χ1) is 6.61. The van der Waals surface area contributed by atoms with E-state index in [1.807, 2.05) is 13.8 Å². The molecule has 0 heterocycles. The Bertz CT molecular complexity index is 128. The maximum absolute atomic E-state index is 9.41. The van der Waals surface area contributed by atoms with Crippen LogP contribution in [0.4, 0.5) is 0 Å². The summed E-state index contributed by atoms with van der Waals surface area (Å²) < 4.78 is 5.38. The van der Waals surface area contributed by atoms with Crippen LogP contribution in [-0.4, -0.2) is 37.0 Å². The van der Waals surface area contributed by atoms with Crippen LogP contribution in [0.2, 0.25) is 0 Å². The van der Waals surface area contributed by atoms with Crippen LogP contribution in [0.1, 0.15) is 34.1 Å². The molecule has 0 spiro atoms. The first-order valence-corrected chi connectivity index (χ1v) is 5.60. The largest absolute Gasteiger partial charge is 0.392 e. The molecular formula is C11H25NO2. The fraction of sp³-hybridized carbons (Fsp3) is 1.00. The molecule has 0 saturated carbocycles. The minimum atomic E-state index is -0.238. The Hall–Kier alpha value is -0.120. The maximum atomic E-state index is 9.41. The van der Waals surface area contributed by atoms with Gasteiger partial charge in [-0.3, -0.25) is 0 Å². The number of hydrogen-bond acceptors (Lipinski definition) is 3. The van der Waals surface area contributed by atoms with E-state index in [-0.39, 0.29) is 6.10 Å². The molecule has 0 aromatic rings. The Morgan fingerprint density at radius 2 is 1.93 bits per heavy atom. The molecule has 3 nitrogen and oxygen atoms in total. The van der Waals surface area contributed by atoms with Gasteiger partial charge in [0.25, 0.3) is 0 Å². The summed E-state index contributed by atoms with van der Waals surface area (Å²) >= 11 is 0. The van der Waals surface area contributed by atoms with E-state index >= 15 is 0 Å². The van der Waals surface area contributed by atoms with E-state index in [0.717, 1.165) is 19.6 Å². The summed E-state index contributed by atoms with van der Waals surface area (Å²) in [5.74, 6) is 0.533. The average Bonchev–Trinajstić information content (AvgIpc) is 2.16. The van der Waals surface area contributed by atoms with Crippen LogP contribution in [0.5, 0.6) is 0 Å². The molecule has 0 bridgehead atoms. The topological polar surface area (TPSA) is 41.5 Å². The van der Waals surface area contributed by atoms with Crippen LogP contribution >= 0.6 is 0 Å². The van der Waals surface area contributed by atoms with Gasteiger partial charge in [-0.25, -0.2) is 0 Å². The van der Waals surface area contributed by atoms with Gasteiger partial charge in [-0.15, -0.1) is 0 Å². The van der Waals surface area contributed by atoms with Gasteiger partial charge in [0.05, 0.1) is 12.7 Å². The number of hydrogen-bond donors (Lipinski definition) is 2. The number of aliphatic hydroxyl groups is 1. The normalized spacial score (nSPS) is 15.9. The summed E-state index contributed by atoms with van der Waals surface area (Å²) in [6.45, 7) is 10.4. The predicted octanol–water partition coefficient (Wildman–Crippen LogP) is 1.41. The fourth-order valence-corrected chi connectivity index (χ4v) is 1.16. The second kappa shape index (κ2) is 8.21. The Morgan fingerprint density at radius 1 is 1.29 bits per heavy atom. The number of rotatable bonds is 8. The van der Waals surface area contributed by atoms with E-state index in [2.05, 4.69) is 19.2 Å². The quantitative estimate of drug-likeness (QED) is 0.626. The molecule has 2 N–H and O–H groups in total. The zero-order chi connectivity index (χ0) is 11.0. The molecule has 0 aromatic carbocycles. The van der Waals surface area contributed by atoms with E-state index in [4.69, 9.17) is 4.74 Å². The van der Waals surface area contributed by atoms with Gasteiger partial charge in [-0.1, -0.05) is 20.8 Å². The molecule has 0 aliphatic carbocycles. The van der Waals surface area contributed by atoms with Crippen molar-refractivity contribution >= 4 is 0 Å². The van der Waals surface area contributed by atoms with Crippen molar-refractivity contribution in [3.05, 3.63) is 0 Å². The smallest absolute Gasteiger partial charge is 0.0662 e. The van der Waals surface area contributed by atoms with E-state index in [1.165, 1.54) is 0 Å². The maximum Gasteiger partial charge on any atom is 0.0662 e. The van der Waals surface area contributed by atoms with E-state index in [1.54, 1.807) is 0 Å². The van der Waals surface area contributed by atoms with Gasteiger partial charge >= 0.3 is 0 Å². The zero-order valence-electron chi connectivity index (χ0n) is 9.92. The molecule has 0 aromatic heterocycles. The van der Waals surface area contributed by atoms with Gasteiger partial charge in [0.2, 0.25) is 0 Å². The Kier molecular flexibility index (Phi) is 8.14. The molecule has 0 amide bonds. The van der Waals surface area contributed by atoms with Crippen LogP contribution in [0.15, 0.2) is 0 Å². The molecule has 14 heavy (non-hydrogen) atoms. The number of nitrogens with one attached hydrogen (secondary N) is 1. The van der Waals surface area contributed by atoms with Gasteiger partial charge in [-0.2, -0.15) is 0 Å². The third-order valence-corrected chi connectivity index (χ3v) is 2.39. The molecule has 0 radical (unpaired) electrons. The summed E-state index contributed by atoms with van der Waals surface area (Å²) in [7, 11) is 0. The molecule has 0 saturated heterocycles. The molecule has 2 atom stereocenters. The lowest BCUT2D eigenvalue weighted by molar-refractivity contribution is 0.0963. The molecule has 2 unspecified atom stereocenters. The third-order valence-electron chi connectivity index (χ3n) is 2.39. The number of aliphatic hydroxyl groups excluding tert-OH is 1. The predicted molar refractivity (Wildman–Crippen MR) is 59.4 cm³/mol. The lowest BCUT2D eigenvalue weighted by atomic mass is 10.1. The van der Waals surface area contributed by atoms with E-state index in [0.29, 0.717) is 18.5 Å². The first-order valence-electron chi connectivity index (χ1n) is 5.60. The first kappa shape index (κ1) is 13.9. The molecule has 86 valence electrons. The number of ether oxygens (including phenoxy) is 1. The van der Waals surface area contributed by atoms with Crippen molar-refractivity contribution in [1.29, 1.82) is 0 Å². The summed E-state index contributed by atoms with van der Waals surface area (Å²) in [5.41, 5.74) is 0. The van der Waals surface area contributed by atoms with Crippen LogP contribution in [0.3, 0.4) is 0 Å². The van der Waals surface area contributed by atoms with Crippen molar-refractivity contribution in [1.82, 2.24) is 5.32 Å². The molecule has 0 rings (SSSR count). The van der Waals surface area contributed by atoms with Crippen molar-refractivity contribution in [3.63, 3.8) is 0 Å². The summed E-state index contributed by atoms with van der Waals surface area (Å²) in [6, 6.07) is 0.344. The Labute approximate surface area is 87.8 Å². The van der Waals surface area contributed by atoms with Crippen LogP contribution in [0, 0.1) is 5.92 Å². The monoisotopic (exact) mass is 203 g/mol. The summed E-state index contributed by atoms with van der Waals surface area (Å²) in [5, 5.41) is 12.7. The van der Waals surface area contributed by atoms with Gasteiger partial charge in [0, 0.05) is 19.2 Å². The minimum Gasteiger partial charge on any atom is -0.392 e. The lowest BCUT2D eigenvalue weighted by Gasteiger charge is -2.23. The highest BCUT2D eigenvalue weighted by atomic mass is 16.5. The molecule has 0 aliphatic heterocycles. The van der Waals surface area contributed by atoms with Crippen LogP contribution in [0.25, 0.3) is 0 Å². The molecule has 3 heteroatoms. The summed E-state index contributed by atoms with van der Waals surface area (Å²) in [6.07, 6.45) is 0.560. The Morgan fingerprint density at radius 3 is 2.36 bits per heavy atom. The zero-order valence-corrected chi connectivity index (χ0v) is 9.92. The van der Waals surface area contributed by atoms with Gasteiger partial charge in [0.15, 0.2) is 0 Å². The van der Waals surface area contributed by atoms with Crippen LogP contribution < -0.4 is 5.32 Å². The Balaban J connectivity index is 3.73. The van der Waals surface area contributed by atoms with Gasteiger partial charge < -0.3 is 15.2 Å². The third kappa shape index (κ3) is 6.35. The second-order valence-corrected chi connectivity index (χ2v) is 3.98. The fourth-order valence-electron chi connectivity index (χ4n) is 1.16. The lowest BCUT2D eigenvalue weighted by Crippen LogP contribution is -2.41. The molecule has 0 aliphatic rings. The van der Waals surface area contributed by atoms with Crippen molar-refractivity contribution < 1.29 is 9.84 Å². The summed E-state index contributed by atoms with van der Waals surface area (Å²) in [4.78, 5) is 0. The van der Waals surface area contributed by atoms with Gasteiger partial charge in [0.1, 0.15) is 0 Å². The average molecular weight is 203 g/mol. The van der Waals surface area contributed by atoms with Crippen molar-refractivity contribution in [2.45, 2.75) is 46.3 Å². The second-order valence-electron chi connectivity index (χ2n) is 3.98. The highest BCUT2D eigenvalue weighted by molar-refractivity contribution is 4.71. The SMILES string of the molecule is CCOCC(NCC(O)CC)C(C)C. The standard InChI is InChI=1S/C11H25NO2/c1-5-10(13)7-12-11(9(3)4)8-14-6-2/h9-13H,5-8H2,1-4H3. The van der Waals surface area contributed by atoms with E-state index < -0.39 is 0 Å². The van der Waals surface area contributed by atoms with Crippen molar-refractivity contribution in [2.75, 3.05) is 19.8 Å². The van der Waals surface area contributed by atoms with E-state index in [9.17, 15) is 5.11 Å². The molecular weight excluding hydrogens is 178 g/mol.